The number of aryl methyl sites for hydroxylation is 1. The molecule has 2 rings (SSSR count). The second kappa shape index (κ2) is 12.7. The second-order valence-corrected chi connectivity index (χ2v) is 7.78. The Morgan fingerprint density at radius 1 is 0.968 bits per heavy atom. The van der Waals surface area contributed by atoms with Crippen LogP contribution in [0.4, 0.5) is 0 Å². The molecule has 4 N–H and O–H groups in total. The summed E-state index contributed by atoms with van der Waals surface area (Å²) in [5, 5.41) is 5.05. The Morgan fingerprint density at radius 3 is 2.39 bits per heavy atom. The molecule has 0 fully saturated rings. The lowest BCUT2D eigenvalue weighted by molar-refractivity contribution is -0.126. The zero-order valence-corrected chi connectivity index (χ0v) is 19.3. The zero-order chi connectivity index (χ0) is 22.6. The van der Waals surface area contributed by atoms with Crippen molar-refractivity contribution in [1.82, 2.24) is 21.5 Å². The molecule has 0 radical (unpaired) electrons. The number of hydrogen-bond acceptors (Lipinski definition) is 5. The molecule has 3 amide bonds. The van der Waals surface area contributed by atoms with Crippen LogP contribution in [0.1, 0.15) is 24.0 Å². The average molecular weight is 507 g/mol. The second-order valence-electron chi connectivity index (χ2n) is 6.51. The summed E-state index contributed by atoms with van der Waals surface area (Å²) < 4.78 is 6.34. The Balaban J connectivity index is 1.59. The van der Waals surface area contributed by atoms with Crippen LogP contribution in [0.25, 0.3) is 0 Å². The van der Waals surface area contributed by atoms with Gasteiger partial charge in [0.25, 0.3) is 5.91 Å². The molecule has 10 heteroatoms. The third-order valence-corrected chi connectivity index (χ3v) is 5.07. The summed E-state index contributed by atoms with van der Waals surface area (Å²) in [4.78, 5) is 35.5. The van der Waals surface area contributed by atoms with Gasteiger partial charge in [0, 0.05) is 23.9 Å². The summed E-state index contributed by atoms with van der Waals surface area (Å²) in [5.74, 6) is -0.607. The molecule has 31 heavy (non-hydrogen) atoms. The van der Waals surface area contributed by atoms with Crippen molar-refractivity contribution in [1.29, 1.82) is 0 Å². The fourth-order valence-corrected chi connectivity index (χ4v) is 2.76. The van der Waals surface area contributed by atoms with Gasteiger partial charge >= 0.3 is 0 Å². The van der Waals surface area contributed by atoms with Gasteiger partial charge in [0.05, 0.1) is 0 Å². The molecule has 0 unspecified atom stereocenters. The molecule has 0 saturated carbocycles. The van der Waals surface area contributed by atoms with Gasteiger partial charge in [0.2, 0.25) is 11.8 Å². The molecule has 2 aromatic rings. The van der Waals surface area contributed by atoms with E-state index in [0.29, 0.717) is 12.3 Å². The molecule has 0 heterocycles. The minimum absolute atomic E-state index is 0.0277. The predicted octanol–water partition coefficient (Wildman–Crippen LogP) is 2.25. The topological polar surface area (TPSA) is 109 Å². The van der Waals surface area contributed by atoms with Crippen LogP contribution >= 0.6 is 28.1 Å². The van der Waals surface area contributed by atoms with Crippen molar-refractivity contribution in [3.05, 3.63) is 64.1 Å². The van der Waals surface area contributed by atoms with E-state index in [1.165, 1.54) is 0 Å². The molecule has 2 aromatic carbocycles. The number of hydrazine groups is 1. The number of benzene rings is 2. The van der Waals surface area contributed by atoms with Gasteiger partial charge < -0.3 is 10.1 Å². The van der Waals surface area contributed by atoms with Gasteiger partial charge in [0.15, 0.2) is 11.7 Å². The summed E-state index contributed by atoms with van der Waals surface area (Å²) in [6, 6.07) is 14.8. The van der Waals surface area contributed by atoms with Crippen molar-refractivity contribution in [3.63, 3.8) is 0 Å². The molecule has 0 aliphatic rings. The molecule has 0 spiro atoms. The highest BCUT2D eigenvalue weighted by atomic mass is 79.9. The number of hydrogen-bond donors (Lipinski definition) is 4. The third kappa shape index (κ3) is 9.58. The number of halogens is 1. The molecule has 164 valence electrons. The number of thiocarbonyl (C=S) groups is 1. The molecule has 0 aromatic heterocycles. The average Bonchev–Trinajstić information content (AvgIpc) is 2.76. The molecular formula is C21H23BrN4O4S. The Bertz CT molecular complexity index is 940. The first-order valence-corrected chi connectivity index (χ1v) is 10.6. The monoisotopic (exact) mass is 506 g/mol. The Kier molecular flexibility index (Phi) is 9.92. The smallest absolute Gasteiger partial charge is 0.264 e. The molecule has 0 aliphatic carbocycles. The summed E-state index contributed by atoms with van der Waals surface area (Å²) in [6.07, 6.45) is -0.00384. The number of amides is 3. The van der Waals surface area contributed by atoms with Crippen LogP contribution in [0.5, 0.6) is 5.75 Å². The standard InChI is InChI=1S/C21H23BrN4O4S/c1-14-11-16(7-8-17(14)22)30-13-20(29)24-21(31)26-25-19(28)10-9-18(27)23-12-15-5-3-2-4-6-15/h2-8,11H,9-10,12-13H2,1H3,(H,23,27)(H,25,28)(H2,24,26,29,31). The first kappa shape index (κ1) is 24.3. The van der Waals surface area contributed by atoms with E-state index in [1.54, 1.807) is 12.1 Å². The number of ether oxygens (including phenoxy) is 1. The largest absolute Gasteiger partial charge is 0.484 e. The minimum Gasteiger partial charge on any atom is -0.484 e. The lowest BCUT2D eigenvalue weighted by Crippen LogP contribution is -2.49. The van der Waals surface area contributed by atoms with E-state index in [1.807, 2.05) is 43.3 Å². The highest BCUT2D eigenvalue weighted by Crippen LogP contribution is 2.21. The maximum atomic E-state index is 11.9. The van der Waals surface area contributed by atoms with Crippen molar-refractivity contribution in [2.45, 2.75) is 26.3 Å². The third-order valence-electron chi connectivity index (χ3n) is 3.98. The van der Waals surface area contributed by atoms with Gasteiger partial charge in [-0.1, -0.05) is 46.3 Å². The van der Waals surface area contributed by atoms with E-state index >= 15 is 0 Å². The van der Waals surface area contributed by atoms with Crippen molar-refractivity contribution in [2.75, 3.05) is 6.61 Å². The van der Waals surface area contributed by atoms with Crippen LogP contribution in [0.15, 0.2) is 53.0 Å². The van der Waals surface area contributed by atoms with Gasteiger partial charge in [-0.3, -0.25) is 30.6 Å². The summed E-state index contributed by atoms with van der Waals surface area (Å²) in [6.45, 7) is 2.07. The Labute approximate surface area is 194 Å². The normalized spacial score (nSPS) is 10.0. The summed E-state index contributed by atoms with van der Waals surface area (Å²) >= 11 is 8.34. The maximum absolute atomic E-state index is 11.9. The fraction of sp³-hybridized carbons (Fsp3) is 0.238. The highest BCUT2D eigenvalue weighted by Gasteiger charge is 2.09. The summed E-state index contributed by atoms with van der Waals surface area (Å²) in [5.41, 5.74) is 6.70. The first-order valence-electron chi connectivity index (χ1n) is 9.41. The Morgan fingerprint density at radius 2 is 1.68 bits per heavy atom. The van der Waals surface area contributed by atoms with Gasteiger partial charge in [-0.05, 0) is 48.5 Å². The zero-order valence-electron chi connectivity index (χ0n) is 16.9. The molecule has 0 bridgehead atoms. The van der Waals surface area contributed by atoms with E-state index in [-0.39, 0.29) is 30.5 Å². The molecule has 8 nitrogen and oxygen atoms in total. The Hall–Kier alpha value is -2.98. The van der Waals surface area contributed by atoms with E-state index < -0.39 is 11.8 Å². The van der Waals surface area contributed by atoms with Gasteiger partial charge in [-0.15, -0.1) is 0 Å². The number of nitrogens with one attached hydrogen (secondary N) is 4. The van der Waals surface area contributed by atoms with Crippen LogP contribution < -0.4 is 26.2 Å². The van der Waals surface area contributed by atoms with Crippen LogP contribution in [0.2, 0.25) is 0 Å². The minimum atomic E-state index is -0.479. The van der Waals surface area contributed by atoms with Crippen molar-refractivity contribution < 1.29 is 19.1 Å². The van der Waals surface area contributed by atoms with Crippen LogP contribution in [0, 0.1) is 6.92 Å². The van der Waals surface area contributed by atoms with Crippen molar-refractivity contribution in [3.8, 4) is 5.75 Å². The number of carbonyl (C=O) groups is 3. The fourth-order valence-electron chi connectivity index (χ4n) is 2.35. The van der Waals surface area contributed by atoms with E-state index in [0.717, 1.165) is 15.6 Å². The quantitative estimate of drug-likeness (QED) is 0.323. The molecule has 0 atom stereocenters. The highest BCUT2D eigenvalue weighted by molar-refractivity contribution is 9.10. The van der Waals surface area contributed by atoms with Gasteiger partial charge in [0.1, 0.15) is 5.75 Å². The van der Waals surface area contributed by atoms with Gasteiger partial charge in [-0.25, -0.2) is 0 Å². The first-order chi connectivity index (χ1) is 14.8. The van der Waals surface area contributed by atoms with Gasteiger partial charge in [-0.2, -0.15) is 0 Å². The van der Waals surface area contributed by atoms with E-state index in [2.05, 4.69) is 37.4 Å². The number of rotatable bonds is 8. The van der Waals surface area contributed by atoms with Crippen LogP contribution in [-0.2, 0) is 20.9 Å². The van der Waals surface area contributed by atoms with E-state index in [4.69, 9.17) is 17.0 Å². The van der Waals surface area contributed by atoms with Crippen molar-refractivity contribution in [2.24, 2.45) is 0 Å². The van der Waals surface area contributed by atoms with Crippen LogP contribution in [0.3, 0.4) is 0 Å². The van der Waals surface area contributed by atoms with Crippen LogP contribution in [-0.4, -0.2) is 29.4 Å². The lowest BCUT2D eigenvalue weighted by atomic mass is 10.2. The molecule has 0 saturated heterocycles. The predicted molar refractivity (Wildman–Crippen MR) is 124 cm³/mol. The van der Waals surface area contributed by atoms with E-state index in [9.17, 15) is 14.4 Å². The molecule has 0 aliphatic heterocycles. The summed E-state index contributed by atoms with van der Waals surface area (Å²) in [7, 11) is 0. The maximum Gasteiger partial charge on any atom is 0.264 e. The number of carbonyl (C=O) groups excluding carboxylic acids is 3. The SMILES string of the molecule is Cc1cc(OCC(=O)NC(=S)NNC(=O)CCC(=O)NCc2ccccc2)ccc1Br. The van der Waals surface area contributed by atoms with Crippen molar-refractivity contribution >= 4 is 51.0 Å². The molecular weight excluding hydrogens is 484 g/mol. The lowest BCUT2D eigenvalue weighted by Gasteiger charge is -2.12.